The molecule has 1 heterocycles. The number of rotatable bonds is 4. The molecule has 3 N–H and O–H groups in total. The van der Waals surface area contributed by atoms with Gasteiger partial charge in [0.2, 0.25) is 11.8 Å². The van der Waals surface area contributed by atoms with Crippen molar-refractivity contribution in [1.82, 2.24) is 10.6 Å². The number of nitrogens with one attached hydrogen (secondary N) is 2. The zero-order valence-electron chi connectivity index (χ0n) is 10.8. The molecule has 0 unspecified atom stereocenters. The second-order valence-corrected chi connectivity index (χ2v) is 4.91. The maximum atomic E-state index is 12.1. The second-order valence-electron chi connectivity index (χ2n) is 4.50. The van der Waals surface area contributed by atoms with Gasteiger partial charge in [-0.05, 0) is 36.3 Å². The highest BCUT2D eigenvalue weighted by Crippen LogP contribution is 2.26. The molecule has 6 nitrogen and oxygen atoms in total. The monoisotopic (exact) mass is 294 g/mol. The van der Waals surface area contributed by atoms with Gasteiger partial charge in [-0.25, -0.2) is 0 Å². The highest BCUT2D eigenvalue weighted by atomic mass is 32.1. The molecule has 1 aliphatic rings. The van der Waals surface area contributed by atoms with Gasteiger partial charge < -0.3 is 20.5 Å². The minimum absolute atomic E-state index is 0.0428. The zero-order valence-corrected chi connectivity index (χ0v) is 11.6. The summed E-state index contributed by atoms with van der Waals surface area (Å²) in [6.07, 6.45) is 0.0772. The van der Waals surface area contributed by atoms with E-state index in [9.17, 15) is 14.7 Å². The van der Waals surface area contributed by atoms with E-state index in [1.165, 1.54) is 0 Å². The molecule has 0 spiro atoms. The molecule has 0 bridgehead atoms. The van der Waals surface area contributed by atoms with E-state index < -0.39 is 23.8 Å². The van der Waals surface area contributed by atoms with Crippen LogP contribution in [0.25, 0.3) is 0 Å². The normalized spacial score (nSPS) is 17.4. The molecule has 0 atom stereocenters. The molecule has 1 saturated heterocycles. The molecule has 0 aromatic heterocycles. The maximum Gasteiger partial charge on any atom is 0.244 e. The fraction of sp³-hybridized carbons (Fsp3) is 0.308. The maximum absolute atomic E-state index is 12.1. The second kappa shape index (κ2) is 5.56. The van der Waals surface area contributed by atoms with Crippen LogP contribution in [0.15, 0.2) is 24.3 Å². The molecule has 1 aromatic carbocycles. The molecule has 7 heteroatoms. The molecule has 1 aromatic rings. The Balaban J connectivity index is 2.28. The van der Waals surface area contributed by atoms with Gasteiger partial charge in [-0.3, -0.25) is 9.59 Å². The molecule has 1 aliphatic heterocycles. The minimum atomic E-state index is -1.56. The zero-order chi connectivity index (χ0) is 14.8. The first-order valence-electron chi connectivity index (χ1n) is 5.92. The van der Waals surface area contributed by atoms with E-state index in [1.54, 1.807) is 31.4 Å². The quantitative estimate of drug-likeness (QED) is 0.526. The topological polar surface area (TPSA) is 87.7 Å². The standard InChI is InChI=1S/C13H14N2O4S/c1-19-9-4-2-8(3-5-9)6-13(7-16)10(17)14-12(20)15-11(13)18/h2-5,16H,6-7H2,1H3,(H2,14,15,17,18,20). The first-order chi connectivity index (χ1) is 9.51. The van der Waals surface area contributed by atoms with Gasteiger partial charge in [0.25, 0.3) is 0 Å². The number of hydrogen-bond donors (Lipinski definition) is 3. The number of benzene rings is 1. The van der Waals surface area contributed by atoms with Crippen molar-refractivity contribution in [1.29, 1.82) is 0 Å². The number of hydrogen-bond acceptors (Lipinski definition) is 5. The van der Waals surface area contributed by atoms with Crippen LogP contribution in [0.5, 0.6) is 5.75 Å². The molecular formula is C13H14N2O4S. The van der Waals surface area contributed by atoms with Crippen molar-refractivity contribution < 1.29 is 19.4 Å². The van der Waals surface area contributed by atoms with Gasteiger partial charge in [0.15, 0.2) is 10.5 Å². The fourth-order valence-corrected chi connectivity index (χ4v) is 2.22. The average molecular weight is 294 g/mol. The minimum Gasteiger partial charge on any atom is -0.497 e. The van der Waals surface area contributed by atoms with E-state index in [0.717, 1.165) is 5.56 Å². The first kappa shape index (κ1) is 14.4. The molecule has 0 saturated carbocycles. The summed E-state index contributed by atoms with van der Waals surface area (Å²) >= 11 is 4.75. The predicted octanol–water partition coefficient (Wildman–Crippen LogP) is -0.253. The van der Waals surface area contributed by atoms with Gasteiger partial charge in [0, 0.05) is 0 Å². The Morgan fingerprint density at radius 1 is 1.20 bits per heavy atom. The van der Waals surface area contributed by atoms with Crippen molar-refractivity contribution >= 4 is 29.1 Å². The van der Waals surface area contributed by atoms with Crippen LogP contribution in [-0.2, 0) is 16.0 Å². The first-order valence-corrected chi connectivity index (χ1v) is 6.33. The molecule has 20 heavy (non-hydrogen) atoms. The third-order valence-corrected chi connectivity index (χ3v) is 3.46. The van der Waals surface area contributed by atoms with Crippen LogP contribution in [0.2, 0.25) is 0 Å². The van der Waals surface area contributed by atoms with Crippen molar-refractivity contribution in [2.75, 3.05) is 13.7 Å². The van der Waals surface area contributed by atoms with E-state index in [1.807, 2.05) is 0 Å². The third kappa shape index (κ3) is 2.50. The van der Waals surface area contributed by atoms with Crippen molar-refractivity contribution in [2.24, 2.45) is 5.41 Å². The number of carbonyl (C=O) groups is 2. The van der Waals surface area contributed by atoms with E-state index >= 15 is 0 Å². The average Bonchev–Trinajstić information content (AvgIpc) is 2.43. The van der Waals surface area contributed by atoms with Gasteiger partial charge in [-0.15, -0.1) is 0 Å². The van der Waals surface area contributed by atoms with E-state index in [2.05, 4.69) is 10.6 Å². The molecule has 0 aliphatic carbocycles. The summed E-state index contributed by atoms with van der Waals surface area (Å²) in [5.41, 5.74) is -0.824. The summed E-state index contributed by atoms with van der Waals surface area (Å²) in [5, 5.41) is 14.2. The van der Waals surface area contributed by atoms with Crippen LogP contribution in [-0.4, -0.2) is 35.8 Å². The Labute approximate surface area is 121 Å². The number of aliphatic hydroxyl groups is 1. The number of methoxy groups -OCH3 is 1. The fourth-order valence-electron chi connectivity index (χ4n) is 2.03. The largest absolute Gasteiger partial charge is 0.497 e. The number of aliphatic hydroxyl groups excluding tert-OH is 1. The Kier molecular flexibility index (Phi) is 4.01. The summed E-state index contributed by atoms with van der Waals surface area (Å²) in [6, 6.07) is 6.93. The van der Waals surface area contributed by atoms with Crippen LogP contribution in [0.1, 0.15) is 5.56 Å². The van der Waals surface area contributed by atoms with Crippen molar-refractivity contribution in [3.8, 4) is 5.75 Å². The number of carbonyl (C=O) groups excluding carboxylic acids is 2. The summed E-state index contributed by atoms with van der Waals surface area (Å²) in [6.45, 7) is -0.598. The Morgan fingerprint density at radius 2 is 1.75 bits per heavy atom. The summed E-state index contributed by atoms with van der Waals surface area (Å²) in [4.78, 5) is 24.1. The Hall–Kier alpha value is -1.99. The molecule has 0 radical (unpaired) electrons. The van der Waals surface area contributed by atoms with Crippen molar-refractivity contribution in [3.63, 3.8) is 0 Å². The van der Waals surface area contributed by atoms with Crippen molar-refractivity contribution in [3.05, 3.63) is 29.8 Å². The predicted molar refractivity (Wildman–Crippen MR) is 75.1 cm³/mol. The molecule has 2 rings (SSSR count). The highest BCUT2D eigenvalue weighted by molar-refractivity contribution is 7.80. The molecule has 1 fully saturated rings. The van der Waals surface area contributed by atoms with E-state index in [4.69, 9.17) is 17.0 Å². The van der Waals surface area contributed by atoms with Gasteiger partial charge in [0.05, 0.1) is 13.7 Å². The van der Waals surface area contributed by atoms with Gasteiger partial charge in [-0.2, -0.15) is 0 Å². The van der Waals surface area contributed by atoms with E-state index in [0.29, 0.717) is 5.75 Å². The summed E-state index contributed by atoms with van der Waals surface area (Å²) < 4.78 is 5.04. The lowest BCUT2D eigenvalue weighted by molar-refractivity contribution is -0.146. The number of amides is 2. The number of thiocarbonyl (C=S) groups is 1. The van der Waals surface area contributed by atoms with Crippen LogP contribution >= 0.6 is 12.2 Å². The summed E-state index contributed by atoms with van der Waals surface area (Å²) in [7, 11) is 1.55. The van der Waals surface area contributed by atoms with Gasteiger partial charge in [-0.1, -0.05) is 12.1 Å². The highest BCUT2D eigenvalue weighted by Gasteiger charge is 2.49. The van der Waals surface area contributed by atoms with Gasteiger partial charge in [0.1, 0.15) is 5.75 Å². The number of ether oxygens (including phenoxy) is 1. The lowest BCUT2D eigenvalue weighted by Gasteiger charge is -2.33. The lowest BCUT2D eigenvalue weighted by Crippen LogP contribution is -2.64. The summed E-state index contributed by atoms with van der Waals surface area (Å²) in [5.74, 6) is -0.514. The van der Waals surface area contributed by atoms with Crippen LogP contribution in [0.3, 0.4) is 0 Å². The molecular weight excluding hydrogens is 280 g/mol. The van der Waals surface area contributed by atoms with Crippen molar-refractivity contribution in [2.45, 2.75) is 6.42 Å². The third-order valence-electron chi connectivity index (χ3n) is 3.26. The van der Waals surface area contributed by atoms with Crippen LogP contribution in [0.4, 0.5) is 0 Å². The van der Waals surface area contributed by atoms with E-state index in [-0.39, 0.29) is 11.5 Å². The SMILES string of the molecule is COc1ccc(CC2(CO)C(=O)NC(=S)NC2=O)cc1. The lowest BCUT2D eigenvalue weighted by atomic mass is 9.79. The Morgan fingerprint density at radius 3 is 2.20 bits per heavy atom. The molecule has 106 valence electrons. The Bertz CT molecular complexity index is 536. The smallest absolute Gasteiger partial charge is 0.244 e. The van der Waals surface area contributed by atoms with Gasteiger partial charge >= 0.3 is 0 Å². The van der Waals surface area contributed by atoms with Crippen LogP contribution < -0.4 is 15.4 Å². The molecule has 2 amide bonds. The van der Waals surface area contributed by atoms with Crippen LogP contribution in [0, 0.1) is 5.41 Å².